The average molecular weight is 654 g/mol. The number of amides is 5. The summed E-state index contributed by atoms with van der Waals surface area (Å²) in [6.07, 6.45) is 7.17. The number of urea groups is 1. The quantitative estimate of drug-likeness (QED) is 0.198. The highest BCUT2D eigenvalue weighted by Gasteiger charge is 2.70. The molecule has 46 heavy (non-hydrogen) atoms. The monoisotopic (exact) mass is 653 g/mol. The SMILES string of the molecule is CC(C)(C)[C@H](NC(=O)NC1(CSc2ccccc2)CCCCC1)C(=O)N1C[C@H]2[C@@H](C1C(=O)NC(CC1CC1)C(=O)C(N)=O)C2(C)C. The molecule has 3 aliphatic carbocycles. The van der Waals surface area contributed by atoms with Crippen molar-refractivity contribution in [2.24, 2.45) is 34.3 Å². The fraction of sp³-hybridized carbons (Fsp3) is 0.686. The number of rotatable bonds is 12. The van der Waals surface area contributed by atoms with Gasteiger partial charge in [0.25, 0.3) is 5.91 Å². The number of thioether (sulfide) groups is 1. The third kappa shape index (κ3) is 7.55. The molecule has 1 saturated heterocycles. The number of fused-ring (bicyclic) bond motifs is 1. The van der Waals surface area contributed by atoms with E-state index in [0.29, 0.717) is 13.0 Å². The Labute approximate surface area is 277 Å². The maximum Gasteiger partial charge on any atom is 0.315 e. The number of hydrogen-bond donors (Lipinski definition) is 4. The predicted octanol–water partition coefficient (Wildman–Crippen LogP) is 4.02. The number of nitrogens with two attached hydrogens (primary N) is 1. The van der Waals surface area contributed by atoms with Gasteiger partial charge in [0.15, 0.2) is 0 Å². The van der Waals surface area contributed by atoms with Crippen LogP contribution in [0.1, 0.15) is 86.0 Å². The second kappa shape index (κ2) is 13.2. The van der Waals surface area contributed by atoms with Gasteiger partial charge >= 0.3 is 6.03 Å². The van der Waals surface area contributed by atoms with Gasteiger partial charge < -0.3 is 26.6 Å². The molecule has 11 heteroatoms. The molecule has 1 aromatic rings. The highest BCUT2D eigenvalue weighted by atomic mass is 32.2. The molecule has 5 amide bonds. The summed E-state index contributed by atoms with van der Waals surface area (Å²) in [7, 11) is 0. The topological polar surface area (TPSA) is 151 Å². The molecule has 1 heterocycles. The van der Waals surface area contributed by atoms with E-state index in [9.17, 15) is 24.0 Å². The minimum atomic E-state index is -1.07. The number of benzene rings is 1. The molecule has 0 spiro atoms. The van der Waals surface area contributed by atoms with Crippen LogP contribution in [0.5, 0.6) is 0 Å². The van der Waals surface area contributed by atoms with Crippen molar-refractivity contribution >= 4 is 41.3 Å². The molecule has 1 aromatic carbocycles. The summed E-state index contributed by atoms with van der Waals surface area (Å²) in [4.78, 5) is 69.2. The molecule has 3 saturated carbocycles. The number of nitrogens with one attached hydrogen (secondary N) is 3. The second-order valence-electron chi connectivity index (χ2n) is 15.7. The Morgan fingerprint density at radius 2 is 1.65 bits per heavy atom. The molecule has 5 rings (SSSR count). The number of carbonyl (C=O) groups excluding carboxylic acids is 5. The number of nitrogens with zero attached hydrogens (tertiary/aromatic N) is 1. The van der Waals surface area contributed by atoms with Crippen LogP contribution in [0.15, 0.2) is 35.2 Å². The molecule has 252 valence electrons. The first-order valence-electron chi connectivity index (χ1n) is 16.8. The summed E-state index contributed by atoms with van der Waals surface area (Å²) in [6.45, 7) is 10.3. The first-order chi connectivity index (χ1) is 21.6. The lowest BCUT2D eigenvalue weighted by Crippen LogP contribution is -2.63. The van der Waals surface area contributed by atoms with E-state index in [-0.39, 0.29) is 40.6 Å². The van der Waals surface area contributed by atoms with E-state index < -0.39 is 41.1 Å². The van der Waals surface area contributed by atoms with Gasteiger partial charge in [0.05, 0.1) is 11.6 Å². The van der Waals surface area contributed by atoms with E-state index in [1.165, 1.54) is 0 Å². The lowest BCUT2D eigenvalue weighted by molar-refractivity contribution is -0.145. The van der Waals surface area contributed by atoms with Crippen molar-refractivity contribution in [3.63, 3.8) is 0 Å². The smallest absolute Gasteiger partial charge is 0.315 e. The van der Waals surface area contributed by atoms with Crippen molar-refractivity contribution in [3.8, 4) is 0 Å². The average Bonchev–Trinajstić information content (AvgIpc) is 3.85. The van der Waals surface area contributed by atoms with Gasteiger partial charge in [0.1, 0.15) is 12.1 Å². The Morgan fingerprint density at radius 1 is 1.00 bits per heavy atom. The molecule has 10 nitrogen and oxygen atoms in total. The van der Waals surface area contributed by atoms with Crippen molar-refractivity contribution < 1.29 is 24.0 Å². The highest BCUT2D eigenvalue weighted by Crippen LogP contribution is 2.65. The van der Waals surface area contributed by atoms with Gasteiger partial charge in [-0.1, -0.05) is 84.9 Å². The van der Waals surface area contributed by atoms with Gasteiger partial charge in [-0.25, -0.2) is 4.79 Å². The van der Waals surface area contributed by atoms with Crippen molar-refractivity contribution in [2.75, 3.05) is 12.3 Å². The zero-order valence-electron chi connectivity index (χ0n) is 27.9. The van der Waals surface area contributed by atoms with E-state index >= 15 is 0 Å². The molecule has 2 unspecified atom stereocenters. The number of Topliss-reactive ketones (excluding diaryl/α,β-unsaturated/α-hetero) is 1. The second-order valence-corrected chi connectivity index (χ2v) is 16.7. The first kappa shape index (κ1) is 34.3. The van der Waals surface area contributed by atoms with Crippen LogP contribution in [-0.4, -0.2) is 70.4 Å². The van der Waals surface area contributed by atoms with Gasteiger partial charge in [-0.05, 0) is 60.0 Å². The Hall–Kier alpha value is -3.08. The molecule has 0 bridgehead atoms. The number of primary amides is 1. The summed E-state index contributed by atoms with van der Waals surface area (Å²) in [5.74, 6) is -1.60. The highest BCUT2D eigenvalue weighted by molar-refractivity contribution is 7.99. The van der Waals surface area contributed by atoms with Gasteiger partial charge in [0, 0.05) is 17.2 Å². The summed E-state index contributed by atoms with van der Waals surface area (Å²) < 4.78 is 0. The third-order valence-corrected chi connectivity index (χ3v) is 12.0. The molecule has 5 atom stereocenters. The van der Waals surface area contributed by atoms with Crippen LogP contribution in [0, 0.1) is 28.6 Å². The fourth-order valence-electron chi connectivity index (χ4n) is 7.66. The zero-order valence-corrected chi connectivity index (χ0v) is 28.7. The van der Waals surface area contributed by atoms with E-state index in [1.807, 2.05) is 39.0 Å². The summed E-state index contributed by atoms with van der Waals surface area (Å²) >= 11 is 1.73. The number of piperidine rings is 1. The van der Waals surface area contributed by atoms with Crippen molar-refractivity contribution in [3.05, 3.63) is 30.3 Å². The van der Waals surface area contributed by atoms with Crippen LogP contribution >= 0.6 is 11.8 Å². The number of ketones is 1. The maximum absolute atomic E-state index is 14.4. The molecule has 0 radical (unpaired) electrons. The van der Waals surface area contributed by atoms with Crippen LogP contribution < -0.4 is 21.7 Å². The van der Waals surface area contributed by atoms with E-state index in [4.69, 9.17) is 5.73 Å². The largest absolute Gasteiger partial charge is 0.363 e. The van der Waals surface area contributed by atoms with Gasteiger partial charge in [-0.3, -0.25) is 19.2 Å². The lowest BCUT2D eigenvalue weighted by atomic mass is 9.83. The van der Waals surface area contributed by atoms with E-state index in [1.54, 1.807) is 16.7 Å². The predicted molar refractivity (Wildman–Crippen MR) is 178 cm³/mol. The molecular weight excluding hydrogens is 602 g/mol. The number of hydrogen-bond acceptors (Lipinski definition) is 6. The molecule has 0 aromatic heterocycles. The Balaban J connectivity index is 1.31. The lowest BCUT2D eigenvalue weighted by Gasteiger charge is -2.40. The molecule has 5 N–H and O–H groups in total. The molecule has 4 aliphatic rings. The molecule has 1 aliphatic heterocycles. The van der Waals surface area contributed by atoms with Crippen LogP contribution in [0.3, 0.4) is 0 Å². The fourth-order valence-corrected chi connectivity index (χ4v) is 8.81. The Morgan fingerprint density at radius 3 is 2.24 bits per heavy atom. The third-order valence-electron chi connectivity index (χ3n) is 10.7. The summed E-state index contributed by atoms with van der Waals surface area (Å²) in [5, 5.41) is 9.12. The molecular formula is C35H51N5O5S. The first-order valence-corrected chi connectivity index (χ1v) is 17.8. The number of likely N-dealkylation sites (tertiary alicyclic amines) is 1. The van der Waals surface area contributed by atoms with Gasteiger partial charge in [0.2, 0.25) is 17.6 Å². The van der Waals surface area contributed by atoms with Gasteiger partial charge in [-0.15, -0.1) is 11.8 Å². The van der Waals surface area contributed by atoms with Crippen molar-refractivity contribution in [1.82, 2.24) is 20.9 Å². The van der Waals surface area contributed by atoms with E-state index in [0.717, 1.165) is 55.6 Å². The van der Waals surface area contributed by atoms with Crippen molar-refractivity contribution in [1.29, 1.82) is 0 Å². The van der Waals surface area contributed by atoms with Crippen LogP contribution in [-0.2, 0) is 19.2 Å². The van der Waals surface area contributed by atoms with Gasteiger partial charge in [-0.2, -0.15) is 0 Å². The Bertz CT molecular complexity index is 1330. The normalized spacial score (nSPS) is 25.8. The standard InChI is InChI=1S/C35H51N5O5S/c1-33(2,3)28(38-32(45)39-35(16-10-7-11-17-35)20-46-22-12-8-6-9-13-22)31(44)40-19-23-25(34(23,4)5)26(40)30(43)37-24(18-21-14-15-21)27(41)29(36)42/h6,8-9,12-13,21,23-26,28H,7,10-11,14-20H2,1-5H3,(H2,36,42)(H,37,43)(H2,38,39,45)/t23-,24?,25-,26?,28+/m0/s1. The zero-order chi connectivity index (χ0) is 33.4. The Kier molecular flexibility index (Phi) is 9.83. The summed E-state index contributed by atoms with van der Waals surface area (Å²) in [6, 6.07) is 7.07. The van der Waals surface area contributed by atoms with Crippen LogP contribution in [0.4, 0.5) is 4.79 Å². The minimum Gasteiger partial charge on any atom is -0.363 e. The van der Waals surface area contributed by atoms with Crippen LogP contribution in [0.2, 0.25) is 0 Å². The molecule has 4 fully saturated rings. The van der Waals surface area contributed by atoms with Crippen molar-refractivity contribution in [2.45, 2.75) is 115 Å². The van der Waals surface area contributed by atoms with Crippen LogP contribution in [0.25, 0.3) is 0 Å². The minimum absolute atomic E-state index is 0.0864. The van der Waals surface area contributed by atoms with E-state index in [2.05, 4.69) is 41.9 Å². The maximum atomic E-state index is 14.4. The summed E-state index contributed by atoms with van der Waals surface area (Å²) in [5.41, 5.74) is 4.14. The number of carbonyl (C=O) groups is 5.